The van der Waals surface area contributed by atoms with Crippen molar-refractivity contribution in [2.24, 2.45) is 11.8 Å². The average Bonchev–Trinajstić information content (AvgIpc) is 1.61. The van der Waals surface area contributed by atoms with Gasteiger partial charge in [0.25, 0.3) is 0 Å². The predicted octanol–water partition coefficient (Wildman–Crippen LogP) is 2.70. The average molecular weight is 125 g/mol. The Morgan fingerprint density at radius 3 is 1.11 bits per heavy atom. The van der Waals surface area contributed by atoms with Crippen LogP contribution in [0.15, 0.2) is 0 Å². The van der Waals surface area contributed by atoms with E-state index in [1.807, 2.05) is 0 Å². The topological polar surface area (TPSA) is 0 Å². The molecule has 0 bridgehead atoms. The highest BCUT2D eigenvalue weighted by atomic mass is 14.0. The van der Waals surface area contributed by atoms with Crippen LogP contribution in [-0.2, 0) is 0 Å². The standard InChI is InChI=1S/C8H18.B/c1-7(2)5-6-8(3)4;/h7-8H,5-6H2,1-4H3;. The van der Waals surface area contributed by atoms with Gasteiger partial charge in [-0.15, -0.1) is 0 Å². The molecular weight excluding hydrogens is 107 g/mol. The second-order valence-corrected chi connectivity index (χ2v) is 3.37. The molecular formula is C8H18B. The van der Waals surface area contributed by atoms with Gasteiger partial charge in [0.15, 0.2) is 0 Å². The maximum atomic E-state index is 2.28. The third-order valence-electron chi connectivity index (χ3n) is 1.32. The first-order valence-corrected chi connectivity index (χ1v) is 3.63. The normalized spacial score (nSPS) is 10.0. The zero-order valence-corrected chi connectivity index (χ0v) is 7.15. The SMILES string of the molecule is CC(C)CCC(C)C.[B]. The summed E-state index contributed by atoms with van der Waals surface area (Å²) < 4.78 is 0. The Kier molecular flexibility index (Phi) is 8.12. The Labute approximate surface area is 61.6 Å². The molecule has 0 atom stereocenters. The molecule has 0 aromatic rings. The number of hydrogen-bond acceptors (Lipinski definition) is 0. The third-order valence-corrected chi connectivity index (χ3v) is 1.32. The van der Waals surface area contributed by atoms with E-state index in [9.17, 15) is 0 Å². The molecule has 0 aliphatic heterocycles. The molecule has 0 aromatic heterocycles. The summed E-state index contributed by atoms with van der Waals surface area (Å²) in [6, 6.07) is 0. The van der Waals surface area contributed by atoms with Crippen LogP contribution in [0.4, 0.5) is 0 Å². The van der Waals surface area contributed by atoms with Crippen LogP contribution in [-0.4, -0.2) is 8.41 Å². The summed E-state index contributed by atoms with van der Waals surface area (Å²) in [6.07, 6.45) is 2.77. The molecule has 0 amide bonds. The van der Waals surface area contributed by atoms with Crippen molar-refractivity contribution in [3.8, 4) is 0 Å². The highest BCUT2D eigenvalue weighted by Crippen LogP contribution is 2.09. The van der Waals surface area contributed by atoms with Crippen molar-refractivity contribution in [2.45, 2.75) is 40.5 Å². The number of hydrogen-bond donors (Lipinski definition) is 0. The fourth-order valence-corrected chi connectivity index (χ4v) is 0.667. The Morgan fingerprint density at radius 2 is 1.00 bits per heavy atom. The maximum absolute atomic E-state index is 2.28. The molecule has 0 saturated carbocycles. The minimum atomic E-state index is 0. The van der Waals surface area contributed by atoms with Gasteiger partial charge in [0, 0.05) is 8.41 Å². The molecule has 0 aromatic carbocycles. The first-order valence-electron chi connectivity index (χ1n) is 3.63. The van der Waals surface area contributed by atoms with Gasteiger partial charge in [-0.25, -0.2) is 0 Å². The Balaban J connectivity index is 0. The quantitative estimate of drug-likeness (QED) is 0.508. The molecule has 0 nitrogen and oxygen atoms in total. The van der Waals surface area contributed by atoms with Gasteiger partial charge in [0.1, 0.15) is 0 Å². The van der Waals surface area contributed by atoms with Gasteiger partial charge < -0.3 is 0 Å². The van der Waals surface area contributed by atoms with Crippen LogP contribution in [0.5, 0.6) is 0 Å². The van der Waals surface area contributed by atoms with Crippen molar-refractivity contribution in [2.75, 3.05) is 0 Å². The van der Waals surface area contributed by atoms with E-state index < -0.39 is 0 Å². The molecule has 1 heteroatoms. The van der Waals surface area contributed by atoms with Crippen molar-refractivity contribution < 1.29 is 0 Å². The van der Waals surface area contributed by atoms with Gasteiger partial charge in [0.05, 0.1) is 0 Å². The molecule has 0 rings (SSSR count). The summed E-state index contributed by atoms with van der Waals surface area (Å²) in [5.41, 5.74) is 0. The first kappa shape index (κ1) is 11.8. The molecule has 0 saturated heterocycles. The summed E-state index contributed by atoms with van der Waals surface area (Å²) in [7, 11) is 0. The summed E-state index contributed by atoms with van der Waals surface area (Å²) in [6.45, 7) is 9.12. The van der Waals surface area contributed by atoms with Crippen molar-refractivity contribution >= 4 is 8.41 Å². The second kappa shape index (κ2) is 6.19. The monoisotopic (exact) mass is 125 g/mol. The van der Waals surface area contributed by atoms with Crippen LogP contribution in [0.3, 0.4) is 0 Å². The van der Waals surface area contributed by atoms with Gasteiger partial charge in [-0.1, -0.05) is 40.5 Å². The fourth-order valence-electron chi connectivity index (χ4n) is 0.667. The van der Waals surface area contributed by atoms with Crippen molar-refractivity contribution in [1.29, 1.82) is 0 Å². The van der Waals surface area contributed by atoms with Gasteiger partial charge in [0.2, 0.25) is 0 Å². The zero-order chi connectivity index (χ0) is 6.57. The van der Waals surface area contributed by atoms with Crippen LogP contribution in [0.2, 0.25) is 0 Å². The smallest absolute Gasteiger partial charge is 0 e. The minimum absolute atomic E-state index is 0. The van der Waals surface area contributed by atoms with Gasteiger partial charge >= 0.3 is 0 Å². The maximum Gasteiger partial charge on any atom is 0 e. The van der Waals surface area contributed by atoms with E-state index in [4.69, 9.17) is 0 Å². The lowest BCUT2D eigenvalue weighted by Crippen LogP contribution is -1.91. The van der Waals surface area contributed by atoms with Gasteiger partial charge in [-0.2, -0.15) is 0 Å². The molecule has 0 unspecified atom stereocenters. The zero-order valence-electron chi connectivity index (χ0n) is 7.15. The van der Waals surface area contributed by atoms with E-state index in [2.05, 4.69) is 27.7 Å². The summed E-state index contributed by atoms with van der Waals surface area (Å²) in [5, 5.41) is 0. The van der Waals surface area contributed by atoms with Gasteiger partial charge in [-0.3, -0.25) is 0 Å². The van der Waals surface area contributed by atoms with Crippen LogP contribution < -0.4 is 0 Å². The third kappa shape index (κ3) is 11.6. The minimum Gasteiger partial charge on any atom is -0.0628 e. The molecule has 53 valence electrons. The summed E-state index contributed by atoms with van der Waals surface area (Å²) >= 11 is 0. The molecule has 0 aliphatic rings. The molecule has 0 spiro atoms. The first-order chi connectivity index (χ1) is 3.63. The van der Waals surface area contributed by atoms with Crippen molar-refractivity contribution in [3.05, 3.63) is 0 Å². The van der Waals surface area contributed by atoms with Crippen LogP contribution in [0.1, 0.15) is 40.5 Å². The molecule has 3 radical (unpaired) electrons. The van der Waals surface area contributed by atoms with E-state index in [1.165, 1.54) is 12.8 Å². The highest BCUT2D eigenvalue weighted by Gasteiger charge is 1.95. The lowest BCUT2D eigenvalue weighted by molar-refractivity contribution is 0.476. The number of rotatable bonds is 3. The van der Waals surface area contributed by atoms with E-state index >= 15 is 0 Å². The van der Waals surface area contributed by atoms with Gasteiger partial charge in [-0.05, 0) is 11.8 Å². The molecule has 0 heterocycles. The van der Waals surface area contributed by atoms with E-state index in [1.54, 1.807) is 0 Å². The summed E-state index contributed by atoms with van der Waals surface area (Å²) in [5.74, 6) is 1.77. The van der Waals surface area contributed by atoms with Crippen molar-refractivity contribution in [1.82, 2.24) is 0 Å². The Bertz CT molecular complexity index is 40.5. The van der Waals surface area contributed by atoms with E-state index in [0.29, 0.717) is 0 Å². The van der Waals surface area contributed by atoms with Crippen molar-refractivity contribution in [3.63, 3.8) is 0 Å². The van der Waals surface area contributed by atoms with Crippen LogP contribution >= 0.6 is 0 Å². The molecule has 0 aliphatic carbocycles. The molecule has 0 fully saturated rings. The largest absolute Gasteiger partial charge is 0.0628 e. The Hall–Kier alpha value is 0.0649. The van der Waals surface area contributed by atoms with Crippen LogP contribution in [0, 0.1) is 11.8 Å². The van der Waals surface area contributed by atoms with E-state index in [-0.39, 0.29) is 8.41 Å². The lowest BCUT2D eigenvalue weighted by atomic mass is 10.0. The summed E-state index contributed by atoms with van der Waals surface area (Å²) in [4.78, 5) is 0. The highest BCUT2D eigenvalue weighted by molar-refractivity contribution is 5.75. The molecule has 0 N–H and O–H groups in total. The fraction of sp³-hybridized carbons (Fsp3) is 1.00. The lowest BCUT2D eigenvalue weighted by Gasteiger charge is -2.05. The second-order valence-electron chi connectivity index (χ2n) is 3.37. The molecule has 9 heavy (non-hydrogen) atoms. The van der Waals surface area contributed by atoms with Crippen LogP contribution in [0.25, 0.3) is 0 Å². The van der Waals surface area contributed by atoms with E-state index in [0.717, 1.165) is 11.8 Å². The predicted molar refractivity (Wildman–Crippen MR) is 44.7 cm³/mol. The Morgan fingerprint density at radius 1 is 0.778 bits per heavy atom.